The fraction of sp³-hybridized carbons (Fsp3) is 0.526. The topological polar surface area (TPSA) is 76.8 Å². The van der Waals surface area contributed by atoms with E-state index in [-0.39, 0.29) is 0 Å². The smallest absolute Gasteiger partial charge is 0.194 e. The highest BCUT2D eigenvalue weighted by atomic mass is 16.5. The molecule has 1 aromatic heterocycles. The van der Waals surface area contributed by atoms with E-state index in [0.29, 0.717) is 13.2 Å². The van der Waals surface area contributed by atoms with Crippen LogP contribution in [0.4, 0.5) is 0 Å². The number of guanidine groups is 1. The van der Waals surface area contributed by atoms with E-state index in [2.05, 4.69) is 49.0 Å². The third-order valence-electron chi connectivity index (χ3n) is 4.15. The molecule has 0 saturated heterocycles. The van der Waals surface area contributed by atoms with Gasteiger partial charge < -0.3 is 24.3 Å². The Bertz CT molecular complexity index is 698. The van der Waals surface area contributed by atoms with Crippen LogP contribution in [-0.2, 0) is 24.2 Å². The summed E-state index contributed by atoms with van der Waals surface area (Å²) in [6.07, 6.45) is 2.63. The SMILES string of the molecule is CCc1nncn1CCNC(=NCCOC)N(C)Cc1ccc(OC)cc1. The maximum absolute atomic E-state index is 5.22. The van der Waals surface area contributed by atoms with Crippen LogP contribution < -0.4 is 10.1 Å². The second-order valence-corrected chi connectivity index (χ2v) is 6.12. The molecule has 1 heterocycles. The number of nitrogens with zero attached hydrogens (tertiary/aromatic N) is 5. The Kier molecular flexibility index (Phi) is 8.57. The molecule has 0 amide bonds. The van der Waals surface area contributed by atoms with Crippen molar-refractivity contribution in [2.45, 2.75) is 26.4 Å². The van der Waals surface area contributed by atoms with E-state index < -0.39 is 0 Å². The number of aryl methyl sites for hydroxylation is 1. The Morgan fingerprint density at radius 2 is 2.04 bits per heavy atom. The minimum absolute atomic E-state index is 0.590. The Balaban J connectivity index is 1.95. The molecule has 27 heavy (non-hydrogen) atoms. The molecule has 0 aliphatic carbocycles. The summed E-state index contributed by atoms with van der Waals surface area (Å²) in [6.45, 7) is 5.55. The first-order valence-electron chi connectivity index (χ1n) is 9.16. The van der Waals surface area contributed by atoms with Gasteiger partial charge in [-0.25, -0.2) is 0 Å². The molecule has 0 saturated carbocycles. The molecule has 1 N–H and O–H groups in total. The lowest BCUT2D eigenvalue weighted by Crippen LogP contribution is -2.40. The molecule has 2 rings (SSSR count). The summed E-state index contributed by atoms with van der Waals surface area (Å²) in [6, 6.07) is 8.06. The van der Waals surface area contributed by atoms with Gasteiger partial charge in [-0.05, 0) is 17.7 Å². The molecule has 0 bridgehead atoms. The fourth-order valence-corrected chi connectivity index (χ4v) is 2.66. The lowest BCUT2D eigenvalue weighted by molar-refractivity contribution is 0.207. The summed E-state index contributed by atoms with van der Waals surface area (Å²) in [5.74, 6) is 2.68. The minimum atomic E-state index is 0.590. The predicted octanol–water partition coefficient (Wildman–Crippen LogP) is 1.57. The largest absolute Gasteiger partial charge is 0.497 e. The van der Waals surface area contributed by atoms with Crippen LogP contribution in [0.15, 0.2) is 35.6 Å². The lowest BCUT2D eigenvalue weighted by atomic mass is 10.2. The van der Waals surface area contributed by atoms with Crippen LogP contribution >= 0.6 is 0 Å². The molecule has 0 unspecified atom stereocenters. The molecule has 1 aromatic carbocycles. The van der Waals surface area contributed by atoms with Gasteiger partial charge in [-0.15, -0.1) is 10.2 Å². The monoisotopic (exact) mass is 374 g/mol. The molecule has 0 aliphatic rings. The average Bonchev–Trinajstić information content (AvgIpc) is 3.15. The molecule has 0 atom stereocenters. The van der Waals surface area contributed by atoms with Gasteiger partial charge in [0.15, 0.2) is 5.96 Å². The number of methoxy groups -OCH3 is 2. The number of aromatic nitrogens is 3. The van der Waals surface area contributed by atoms with Crippen LogP contribution in [0.25, 0.3) is 0 Å². The number of hydrogen-bond donors (Lipinski definition) is 1. The first kappa shape index (κ1) is 20.7. The number of hydrogen-bond acceptors (Lipinski definition) is 5. The highest BCUT2D eigenvalue weighted by Crippen LogP contribution is 2.12. The minimum Gasteiger partial charge on any atom is -0.497 e. The van der Waals surface area contributed by atoms with Gasteiger partial charge in [0.1, 0.15) is 17.9 Å². The summed E-state index contributed by atoms with van der Waals surface area (Å²) in [4.78, 5) is 6.75. The van der Waals surface area contributed by atoms with E-state index in [4.69, 9.17) is 9.47 Å². The van der Waals surface area contributed by atoms with Crippen molar-refractivity contribution in [3.05, 3.63) is 42.0 Å². The van der Waals surface area contributed by atoms with Crippen molar-refractivity contribution in [3.63, 3.8) is 0 Å². The zero-order valence-corrected chi connectivity index (χ0v) is 16.7. The van der Waals surface area contributed by atoms with Crippen molar-refractivity contribution in [2.75, 3.05) is 41.0 Å². The van der Waals surface area contributed by atoms with Gasteiger partial charge in [0.25, 0.3) is 0 Å². The van der Waals surface area contributed by atoms with E-state index in [1.165, 1.54) is 5.56 Å². The highest BCUT2D eigenvalue weighted by Gasteiger charge is 2.08. The van der Waals surface area contributed by atoms with Crippen LogP contribution in [0, 0.1) is 0 Å². The van der Waals surface area contributed by atoms with Gasteiger partial charge in [-0.2, -0.15) is 0 Å². The molecular formula is C19H30N6O2. The van der Waals surface area contributed by atoms with Crippen molar-refractivity contribution >= 4 is 5.96 Å². The number of ether oxygens (including phenoxy) is 2. The Hall–Kier alpha value is -2.61. The summed E-state index contributed by atoms with van der Waals surface area (Å²) < 4.78 is 12.4. The second-order valence-electron chi connectivity index (χ2n) is 6.12. The molecule has 0 radical (unpaired) electrons. The molecule has 8 heteroatoms. The maximum Gasteiger partial charge on any atom is 0.194 e. The third-order valence-corrected chi connectivity index (χ3v) is 4.15. The Morgan fingerprint density at radius 3 is 2.70 bits per heavy atom. The third kappa shape index (κ3) is 6.56. The predicted molar refractivity (Wildman–Crippen MR) is 106 cm³/mol. The van der Waals surface area contributed by atoms with Crippen LogP contribution in [-0.4, -0.2) is 66.6 Å². The maximum atomic E-state index is 5.22. The zero-order chi connectivity index (χ0) is 19.5. The lowest BCUT2D eigenvalue weighted by Gasteiger charge is -2.23. The van der Waals surface area contributed by atoms with Crippen molar-refractivity contribution in [3.8, 4) is 5.75 Å². The van der Waals surface area contributed by atoms with Gasteiger partial charge in [-0.3, -0.25) is 4.99 Å². The normalized spacial score (nSPS) is 11.5. The molecule has 0 spiro atoms. The van der Waals surface area contributed by atoms with Crippen molar-refractivity contribution in [2.24, 2.45) is 4.99 Å². The van der Waals surface area contributed by atoms with Crippen LogP contribution in [0.3, 0.4) is 0 Å². The number of rotatable bonds is 10. The first-order chi connectivity index (χ1) is 13.2. The standard InChI is InChI=1S/C19H30N6O2/c1-5-18-23-22-15-25(18)12-10-20-19(21-11-13-26-3)24(2)14-16-6-8-17(27-4)9-7-16/h6-9,15H,5,10-14H2,1-4H3,(H,20,21). The van der Waals surface area contributed by atoms with Crippen LogP contribution in [0.1, 0.15) is 18.3 Å². The van der Waals surface area contributed by atoms with E-state index in [1.807, 2.05) is 19.2 Å². The van der Waals surface area contributed by atoms with Gasteiger partial charge in [0, 0.05) is 40.2 Å². The van der Waals surface area contributed by atoms with E-state index in [9.17, 15) is 0 Å². The molecule has 0 aliphatic heterocycles. The number of nitrogens with one attached hydrogen (secondary N) is 1. The average molecular weight is 374 g/mol. The van der Waals surface area contributed by atoms with E-state index in [1.54, 1.807) is 20.5 Å². The first-order valence-corrected chi connectivity index (χ1v) is 9.16. The molecule has 2 aromatic rings. The number of aliphatic imine (C=N–C) groups is 1. The molecule has 0 fully saturated rings. The zero-order valence-electron chi connectivity index (χ0n) is 16.7. The molecule has 148 valence electrons. The van der Waals surface area contributed by atoms with E-state index in [0.717, 1.165) is 43.6 Å². The Labute approximate surface area is 161 Å². The van der Waals surface area contributed by atoms with Gasteiger partial charge in [0.05, 0.1) is 20.3 Å². The summed E-state index contributed by atoms with van der Waals surface area (Å²) in [5.41, 5.74) is 1.19. The van der Waals surface area contributed by atoms with E-state index >= 15 is 0 Å². The van der Waals surface area contributed by atoms with Gasteiger partial charge in [0.2, 0.25) is 0 Å². The Morgan fingerprint density at radius 1 is 1.26 bits per heavy atom. The summed E-state index contributed by atoms with van der Waals surface area (Å²) >= 11 is 0. The number of benzene rings is 1. The van der Waals surface area contributed by atoms with Crippen LogP contribution in [0.5, 0.6) is 5.75 Å². The summed E-state index contributed by atoms with van der Waals surface area (Å²) in [5, 5.41) is 11.5. The summed E-state index contributed by atoms with van der Waals surface area (Å²) in [7, 11) is 5.38. The second kappa shape index (κ2) is 11.2. The molecule has 8 nitrogen and oxygen atoms in total. The quantitative estimate of drug-likeness (QED) is 0.386. The van der Waals surface area contributed by atoms with Crippen molar-refractivity contribution in [1.82, 2.24) is 25.0 Å². The highest BCUT2D eigenvalue weighted by molar-refractivity contribution is 5.79. The van der Waals surface area contributed by atoms with Crippen molar-refractivity contribution in [1.29, 1.82) is 0 Å². The fourth-order valence-electron chi connectivity index (χ4n) is 2.66. The van der Waals surface area contributed by atoms with Crippen molar-refractivity contribution < 1.29 is 9.47 Å². The van der Waals surface area contributed by atoms with Gasteiger partial charge >= 0.3 is 0 Å². The molecular weight excluding hydrogens is 344 g/mol. The van der Waals surface area contributed by atoms with Crippen LogP contribution in [0.2, 0.25) is 0 Å². The van der Waals surface area contributed by atoms with Gasteiger partial charge in [-0.1, -0.05) is 19.1 Å².